The molecule has 1 aliphatic carbocycles. The minimum atomic E-state index is -0.393. The van der Waals surface area contributed by atoms with Gasteiger partial charge in [0.2, 0.25) is 10.6 Å². The highest BCUT2D eigenvalue weighted by Crippen LogP contribution is 2.42. The van der Waals surface area contributed by atoms with E-state index in [0.29, 0.717) is 11.0 Å². The van der Waals surface area contributed by atoms with Crippen LogP contribution in [-0.4, -0.2) is 27.8 Å². The lowest BCUT2D eigenvalue weighted by Gasteiger charge is -2.09. The standard InChI is InChI=1S/C13H14N4O3S/c1-17-6-10(20-2)9(18)5-8(17)11(19)14-13-16-15-12(21-13)7-3-4-7/h5-7H,3-4H2,1-2H3,(H,14,16,19). The molecule has 21 heavy (non-hydrogen) atoms. The maximum atomic E-state index is 12.2. The number of aromatic nitrogens is 3. The minimum Gasteiger partial charge on any atom is -0.491 e. The Hall–Kier alpha value is -2.22. The lowest BCUT2D eigenvalue weighted by Crippen LogP contribution is -2.21. The molecule has 1 fully saturated rings. The van der Waals surface area contributed by atoms with Gasteiger partial charge in [0, 0.05) is 19.0 Å². The van der Waals surface area contributed by atoms with Gasteiger partial charge in [0.05, 0.1) is 13.3 Å². The second-order valence-electron chi connectivity index (χ2n) is 4.88. The first-order chi connectivity index (χ1) is 10.1. The van der Waals surface area contributed by atoms with Crippen molar-refractivity contribution in [1.29, 1.82) is 0 Å². The summed E-state index contributed by atoms with van der Waals surface area (Å²) >= 11 is 1.38. The van der Waals surface area contributed by atoms with Gasteiger partial charge < -0.3 is 9.30 Å². The molecule has 0 saturated heterocycles. The van der Waals surface area contributed by atoms with E-state index in [-0.39, 0.29) is 16.9 Å². The maximum absolute atomic E-state index is 12.2. The summed E-state index contributed by atoms with van der Waals surface area (Å²) in [5, 5.41) is 12.1. The molecule has 1 saturated carbocycles. The molecule has 8 heteroatoms. The molecular weight excluding hydrogens is 292 g/mol. The number of carbonyl (C=O) groups excluding carboxylic acids is 1. The topological polar surface area (TPSA) is 86.1 Å². The van der Waals surface area contributed by atoms with E-state index in [1.54, 1.807) is 11.6 Å². The maximum Gasteiger partial charge on any atom is 0.274 e. The van der Waals surface area contributed by atoms with Gasteiger partial charge in [-0.3, -0.25) is 14.9 Å². The summed E-state index contributed by atoms with van der Waals surface area (Å²) in [4.78, 5) is 23.9. The van der Waals surface area contributed by atoms with E-state index in [1.165, 1.54) is 30.7 Å². The lowest BCUT2D eigenvalue weighted by molar-refractivity contribution is 0.101. The Kier molecular flexibility index (Phi) is 3.46. The van der Waals surface area contributed by atoms with Crippen LogP contribution in [0, 0.1) is 0 Å². The molecule has 0 atom stereocenters. The van der Waals surface area contributed by atoms with E-state index in [1.807, 2.05) is 0 Å². The third kappa shape index (κ3) is 2.80. The van der Waals surface area contributed by atoms with Crippen LogP contribution < -0.4 is 15.5 Å². The first-order valence-corrected chi connectivity index (χ1v) is 7.29. The van der Waals surface area contributed by atoms with Crippen molar-refractivity contribution in [3.63, 3.8) is 0 Å². The van der Waals surface area contributed by atoms with E-state index in [0.717, 1.165) is 17.8 Å². The van der Waals surface area contributed by atoms with Gasteiger partial charge in [-0.25, -0.2) is 0 Å². The number of hydrogen-bond donors (Lipinski definition) is 1. The monoisotopic (exact) mass is 306 g/mol. The Morgan fingerprint density at radius 1 is 1.48 bits per heavy atom. The summed E-state index contributed by atoms with van der Waals surface area (Å²) in [6.45, 7) is 0. The molecule has 7 nitrogen and oxygen atoms in total. The number of anilines is 1. The summed E-state index contributed by atoms with van der Waals surface area (Å²) in [6, 6.07) is 1.25. The molecule has 2 aromatic rings. The summed E-state index contributed by atoms with van der Waals surface area (Å²) in [5.41, 5.74) is -0.0966. The highest BCUT2D eigenvalue weighted by atomic mass is 32.1. The van der Waals surface area contributed by atoms with Crippen molar-refractivity contribution < 1.29 is 9.53 Å². The Balaban J connectivity index is 1.81. The zero-order valence-electron chi connectivity index (χ0n) is 11.6. The second-order valence-corrected chi connectivity index (χ2v) is 5.89. The average molecular weight is 306 g/mol. The summed E-state index contributed by atoms with van der Waals surface area (Å²) < 4.78 is 6.47. The molecule has 0 radical (unpaired) electrons. The quantitative estimate of drug-likeness (QED) is 0.922. The molecule has 3 rings (SSSR count). The Morgan fingerprint density at radius 3 is 2.90 bits per heavy atom. The van der Waals surface area contributed by atoms with Crippen molar-refractivity contribution >= 4 is 22.4 Å². The molecule has 1 N–H and O–H groups in total. The van der Waals surface area contributed by atoms with E-state index in [2.05, 4.69) is 15.5 Å². The van der Waals surface area contributed by atoms with E-state index in [9.17, 15) is 9.59 Å². The smallest absolute Gasteiger partial charge is 0.274 e. The molecule has 0 aliphatic heterocycles. The van der Waals surface area contributed by atoms with Crippen molar-refractivity contribution in [3.8, 4) is 5.75 Å². The molecule has 2 heterocycles. The lowest BCUT2D eigenvalue weighted by atomic mass is 10.3. The van der Waals surface area contributed by atoms with Crippen molar-refractivity contribution in [3.05, 3.63) is 33.2 Å². The zero-order valence-corrected chi connectivity index (χ0v) is 12.4. The van der Waals surface area contributed by atoms with Crippen molar-refractivity contribution in [2.75, 3.05) is 12.4 Å². The largest absolute Gasteiger partial charge is 0.491 e. The predicted molar refractivity (Wildman–Crippen MR) is 78.1 cm³/mol. The Bertz CT molecular complexity index is 748. The minimum absolute atomic E-state index is 0.195. The summed E-state index contributed by atoms with van der Waals surface area (Å²) in [5.74, 6) is 0.301. The van der Waals surface area contributed by atoms with E-state index >= 15 is 0 Å². The predicted octanol–water partition coefficient (Wildman–Crippen LogP) is 1.38. The van der Waals surface area contributed by atoms with E-state index in [4.69, 9.17) is 4.74 Å². The molecule has 0 unspecified atom stereocenters. The number of hydrogen-bond acceptors (Lipinski definition) is 6. The summed E-state index contributed by atoms with van der Waals surface area (Å²) in [7, 11) is 3.09. The van der Waals surface area contributed by atoms with Gasteiger partial charge in [-0.2, -0.15) is 0 Å². The molecule has 110 valence electrons. The zero-order chi connectivity index (χ0) is 15.0. The van der Waals surface area contributed by atoms with Gasteiger partial charge in [0.15, 0.2) is 5.75 Å². The van der Waals surface area contributed by atoms with Crippen LogP contribution in [0.2, 0.25) is 0 Å². The van der Waals surface area contributed by atoms with Crippen molar-refractivity contribution in [2.45, 2.75) is 18.8 Å². The third-order valence-corrected chi connectivity index (χ3v) is 4.24. The highest BCUT2D eigenvalue weighted by molar-refractivity contribution is 7.15. The number of aryl methyl sites for hydroxylation is 1. The molecule has 2 aromatic heterocycles. The highest BCUT2D eigenvalue weighted by Gasteiger charge is 2.28. The SMILES string of the molecule is COc1cn(C)c(C(=O)Nc2nnc(C3CC3)s2)cc1=O. The first-order valence-electron chi connectivity index (χ1n) is 6.48. The normalized spacial score (nSPS) is 14.0. The molecule has 1 amide bonds. The van der Waals surface area contributed by atoms with E-state index < -0.39 is 5.91 Å². The van der Waals surface area contributed by atoms with Crippen LogP contribution in [0.4, 0.5) is 5.13 Å². The molecule has 1 aliphatic rings. The average Bonchev–Trinajstić information content (AvgIpc) is 3.21. The number of methoxy groups -OCH3 is 1. The first kappa shape index (κ1) is 13.7. The van der Waals surface area contributed by atoms with Crippen molar-refractivity contribution in [1.82, 2.24) is 14.8 Å². The van der Waals surface area contributed by atoms with Gasteiger partial charge in [-0.1, -0.05) is 11.3 Å². The third-order valence-electron chi connectivity index (χ3n) is 3.24. The second kappa shape index (κ2) is 5.28. The van der Waals surface area contributed by atoms with Crippen molar-refractivity contribution in [2.24, 2.45) is 7.05 Å². The fraction of sp³-hybridized carbons (Fsp3) is 0.385. The molecule has 0 spiro atoms. The Labute approximate surface area is 124 Å². The number of rotatable bonds is 4. The number of amides is 1. The fourth-order valence-corrected chi connectivity index (χ4v) is 2.83. The number of nitrogens with zero attached hydrogens (tertiary/aromatic N) is 3. The molecule has 0 bridgehead atoms. The fourth-order valence-electron chi connectivity index (χ4n) is 1.93. The van der Waals surface area contributed by atoms with Crippen LogP contribution in [0.5, 0.6) is 5.75 Å². The van der Waals surface area contributed by atoms with Gasteiger partial charge >= 0.3 is 0 Å². The molecular formula is C13H14N4O3S. The van der Waals surface area contributed by atoms with Gasteiger partial charge in [0.1, 0.15) is 10.7 Å². The van der Waals surface area contributed by atoms with Crippen LogP contribution >= 0.6 is 11.3 Å². The Morgan fingerprint density at radius 2 is 2.24 bits per heavy atom. The number of ether oxygens (including phenoxy) is 1. The van der Waals surface area contributed by atoms with Crippen LogP contribution in [0.15, 0.2) is 17.1 Å². The van der Waals surface area contributed by atoms with Gasteiger partial charge in [-0.05, 0) is 12.8 Å². The van der Waals surface area contributed by atoms with Gasteiger partial charge in [0.25, 0.3) is 5.91 Å². The van der Waals surface area contributed by atoms with Crippen LogP contribution in [0.25, 0.3) is 0 Å². The van der Waals surface area contributed by atoms with Crippen LogP contribution in [0.3, 0.4) is 0 Å². The number of pyridine rings is 1. The molecule has 0 aromatic carbocycles. The van der Waals surface area contributed by atoms with Crippen LogP contribution in [-0.2, 0) is 7.05 Å². The van der Waals surface area contributed by atoms with Gasteiger partial charge in [-0.15, -0.1) is 10.2 Å². The van der Waals surface area contributed by atoms with Crippen LogP contribution in [0.1, 0.15) is 34.3 Å². The number of carbonyl (C=O) groups is 1. The summed E-state index contributed by atoms with van der Waals surface area (Å²) in [6.07, 6.45) is 3.75. The number of nitrogens with one attached hydrogen (secondary N) is 1.